The third kappa shape index (κ3) is 4.86. The molecule has 23 heavy (non-hydrogen) atoms. The van der Waals surface area contributed by atoms with Crippen molar-refractivity contribution in [2.75, 3.05) is 26.7 Å². The fourth-order valence-electron chi connectivity index (χ4n) is 2.74. The largest absolute Gasteiger partial charge is 0.466 e. The van der Waals surface area contributed by atoms with Crippen LogP contribution in [0.1, 0.15) is 25.3 Å². The fraction of sp³-hybridized carbons (Fsp3) is 0.529. The van der Waals surface area contributed by atoms with Crippen molar-refractivity contribution in [3.63, 3.8) is 0 Å². The van der Waals surface area contributed by atoms with Crippen molar-refractivity contribution in [3.05, 3.63) is 34.9 Å². The van der Waals surface area contributed by atoms with E-state index in [1.54, 1.807) is 7.05 Å². The lowest BCUT2D eigenvalue weighted by Gasteiger charge is -2.33. The van der Waals surface area contributed by atoms with Gasteiger partial charge in [-0.3, -0.25) is 9.79 Å². The highest BCUT2D eigenvalue weighted by atomic mass is 35.5. The number of carbonyl (C=O) groups excluding carboxylic acids is 1. The molecule has 1 aromatic rings. The van der Waals surface area contributed by atoms with E-state index >= 15 is 0 Å². The van der Waals surface area contributed by atoms with Crippen molar-refractivity contribution in [2.45, 2.75) is 26.3 Å². The molecule has 0 radical (unpaired) electrons. The van der Waals surface area contributed by atoms with E-state index in [2.05, 4.69) is 15.2 Å². The Morgan fingerprint density at radius 3 is 2.70 bits per heavy atom. The van der Waals surface area contributed by atoms with E-state index < -0.39 is 0 Å². The van der Waals surface area contributed by atoms with Gasteiger partial charge in [-0.1, -0.05) is 29.8 Å². The van der Waals surface area contributed by atoms with Crippen LogP contribution in [-0.4, -0.2) is 43.6 Å². The minimum absolute atomic E-state index is 0.00729. The number of nitrogens with one attached hydrogen (secondary N) is 1. The Hall–Kier alpha value is -1.75. The number of guanidine groups is 1. The van der Waals surface area contributed by atoms with Crippen LogP contribution in [0, 0.1) is 5.92 Å². The first-order chi connectivity index (χ1) is 11.2. The topological polar surface area (TPSA) is 53.9 Å². The highest BCUT2D eigenvalue weighted by molar-refractivity contribution is 6.31. The van der Waals surface area contributed by atoms with Crippen molar-refractivity contribution in [3.8, 4) is 0 Å². The summed E-state index contributed by atoms with van der Waals surface area (Å²) in [5.41, 5.74) is 1.04. The molecule has 5 nitrogen and oxygen atoms in total. The molecule has 126 valence electrons. The van der Waals surface area contributed by atoms with Crippen molar-refractivity contribution in [1.82, 2.24) is 10.2 Å². The number of nitrogens with zero attached hydrogens (tertiary/aromatic N) is 2. The quantitative estimate of drug-likeness (QED) is 0.521. The summed E-state index contributed by atoms with van der Waals surface area (Å²) in [5, 5.41) is 4.09. The average molecular weight is 338 g/mol. The van der Waals surface area contributed by atoms with E-state index in [9.17, 15) is 4.79 Å². The second-order valence-electron chi connectivity index (χ2n) is 5.51. The number of likely N-dealkylation sites (tertiary alicyclic amines) is 1. The summed E-state index contributed by atoms with van der Waals surface area (Å²) in [6, 6.07) is 7.76. The molecule has 1 aliphatic rings. The lowest BCUT2D eigenvalue weighted by Crippen LogP contribution is -2.46. The number of carbonyl (C=O) groups is 1. The van der Waals surface area contributed by atoms with Gasteiger partial charge in [-0.25, -0.2) is 0 Å². The van der Waals surface area contributed by atoms with Gasteiger partial charge in [0.05, 0.1) is 12.5 Å². The third-order valence-corrected chi connectivity index (χ3v) is 4.39. The number of esters is 1. The van der Waals surface area contributed by atoms with Gasteiger partial charge in [-0.05, 0) is 31.4 Å². The van der Waals surface area contributed by atoms with Crippen LogP contribution < -0.4 is 5.32 Å². The number of piperidine rings is 1. The summed E-state index contributed by atoms with van der Waals surface area (Å²) in [6.07, 6.45) is 1.59. The zero-order chi connectivity index (χ0) is 16.7. The maximum absolute atomic E-state index is 11.8. The van der Waals surface area contributed by atoms with Crippen molar-refractivity contribution >= 4 is 23.5 Å². The molecule has 1 fully saturated rings. The number of halogens is 1. The number of hydrogen-bond acceptors (Lipinski definition) is 3. The van der Waals surface area contributed by atoms with E-state index in [4.69, 9.17) is 16.3 Å². The van der Waals surface area contributed by atoms with E-state index in [-0.39, 0.29) is 11.9 Å². The number of aliphatic imine (C=N–C) groups is 1. The number of ether oxygens (including phenoxy) is 1. The van der Waals surface area contributed by atoms with Gasteiger partial charge in [0.2, 0.25) is 0 Å². The van der Waals surface area contributed by atoms with Gasteiger partial charge >= 0.3 is 5.97 Å². The van der Waals surface area contributed by atoms with Crippen LogP contribution in [0.4, 0.5) is 0 Å². The van der Waals surface area contributed by atoms with Gasteiger partial charge < -0.3 is 15.0 Å². The Kier molecular flexibility index (Phi) is 6.71. The normalized spacial score (nSPS) is 16.3. The van der Waals surface area contributed by atoms with Crippen LogP contribution in [0.15, 0.2) is 29.3 Å². The number of benzene rings is 1. The predicted molar refractivity (Wildman–Crippen MR) is 92.6 cm³/mol. The molecule has 0 aromatic heterocycles. The Morgan fingerprint density at radius 1 is 1.39 bits per heavy atom. The number of rotatable bonds is 4. The summed E-state index contributed by atoms with van der Waals surface area (Å²) >= 11 is 6.18. The summed E-state index contributed by atoms with van der Waals surface area (Å²) in [4.78, 5) is 18.3. The van der Waals surface area contributed by atoms with Gasteiger partial charge in [0.15, 0.2) is 5.96 Å². The van der Waals surface area contributed by atoms with Crippen molar-refractivity contribution < 1.29 is 9.53 Å². The van der Waals surface area contributed by atoms with Gasteiger partial charge in [0.25, 0.3) is 0 Å². The Balaban J connectivity index is 1.86. The first kappa shape index (κ1) is 17.6. The Morgan fingerprint density at radius 2 is 2.09 bits per heavy atom. The predicted octanol–water partition coefficient (Wildman–Crippen LogP) is 2.69. The highest BCUT2D eigenvalue weighted by Crippen LogP contribution is 2.19. The molecule has 1 N–H and O–H groups in total. The molecule has 0 unspecified atom stereocenters. The summed E-state index contributed by atoms with van der Waals surface area (Å²) < 4.78 is 5.10. The van der Waals surface area contributed by atoms with Crippen LogP contribution in [0.5, 0.6) is 0 Å². The fourth-order valence-corrected chi connectivity index (χ4v) is 2.94. The highest BCUT2D eigenvalue weighted by Gasteiger charge is 2.27. The zero-order valence-corrected chi connectivity index (χ0v) is 14.5. The first-order valence-corrected chi connectivity index (χ1v) is 8.39. The van der Waals surface area contributed by atoms with Gasteiger partial charge in [-0.15, -0.1) is 0 Å². The van der Waals surface area contributed by atoms with Gasteiger partial charge in [0.1, 0.15) is 0 Å². The SMILES string of the molecule is CCOC(=O)C1CCN(C(=NC)NCc2ccccc2Cl)CC1. The minimum atomic E-state index is -0.0776. The zero-order valence-electron chi connectivity index (χ0n) is 13.7. The molecule has 0 atom stereocenters. The van der Waals surface area contributed by atoms with Crippen LogP contribution in [0.2, 0.25) is 5.02 Å². The first-order valence-electron chi connectivity index (χ1n) is 8.01. The second-order valence-corrected chi connectivity index (χ2v) is 5.91. The Bertz CT molecular complexity index is 555. The molecule has 0 saturated carbocycles. The Labute approximate surface area is 142 Å². The molecule has 1 aliphatic heterocycles. The maximum Gasteiger partial charge on any atom is 0.309 e. The minimum Gasteiger partial charge on any atom is -0.466 e. The molecule has 6 heteroatoms. The molecule has 1 saturated heterocycles. The standard InChI is InChI=1S/C17H24ClN3O2/c1-3-23-16(22)13-8-10-21(11-9-13)17(19-2)20-12-14-6-4-5-7-15(14)18/h4-7,13H,3,8-12H2,1-2H3,(H,19,20). The molecule has 0 amide bonds. The smallest absolute Gasteiger partial charge is 0.309 e. The lowest BCUT2D eigenvalue weighted by atomic mass is 9.97. The monoisotopic (exact) mass is 337 g/mol. The average Bonchev–Trinajstić information content (AvgIpc) is 2.57. The van der Waals surface area contributed by atoms with Crippen molar-refractivity contribution in [1.29, 1.82) is 0 Å². The molecule has 0 spiro atoms. The maximum atomic E-state index is 11.8. The molecular formula is C17H24ClN3O2. The molecule has 1 aromatic carbocycles. The summed E-state index contributed by atoms with van der Waals surface area (Å²) in [7, 11) is 1.77. The van der Waals surface area contributed by atoms with Gasteiger partial charge in [0, 0.05) is 31.7 Å². The van der Waals surface area contributed by atoms with Crippen LogP contribution in [-0.2, 0) is 16.1 Å². The van der Waals surface area contributed by atoms with E-state index in [0.717, 1.165) is 42.5 Å². The molecule has 0 aliphatic carbocycles. The summed E-state index contributed by atoms with van der Waals surface area (Å²) in [6.45, 7) is 4.51. The second kappa shape index (κ2) is 8.77. The number of hydrogen-bond donors (Lipinski definition) is 1. The van der Waals surface area contributed by atoms with Crippen LogP contribution in [0.3, 0.4) is 0 Å². The summed E-state index contributed by atoms with van der Waals surface area (Å²) in [5.74, 6) is 0.770. The third-order valence-electron chi connectivity index (χ3n) is 4.02. The molecule has 2 rings (SSSR count). The van der Waals surface area contributed by atoms with Crippen LogP contribution in [0.25, 0.3) is 0 Å². The van der Waals surface area contributed by atoms with Gasteiger partial charge in [-0.2, -0.15) is 0 Å². The molecule has 0 bridgehead atoms. The lowest BCUT2D eigenvalue weighted by molar-refractivity contribution is -0.149. The van der Waals surface area contributed by atoms with Crippen LogP contribution >= 0.6 is 11.6 Å². The molecular weight excluding hydrogens is 314 g/mol. The van der Waals surface area contributed by atoms with Crippen molar-refractivity contribution in [2.24, 2.45) is 10.9 Å². The van der Waals surface area contributed by atoms with E-state index in [1.807, 2.05) is 31.2 Å². The van der Waals surface area contributed by atoms with E-state index in [1.165, 1.54) is 0 Å². The van der Waals surface area contributed by atoms with E-state index in [0.29, 0.717) is 13.2 Å². The molecule has 1 heterocycles.